The van der Waals surface area contributed by atoms with Crippen LogP contribution < -0.4 is 11.5 Å². The van der Waals surface area contributed by atoms with Crippen LogP contribution >= 0.6 is 0 Å². The van der Waals surface area contributed by atoms with Gasteiger partial charge in [0.05, 0.1) is 5.54 Å². The molecule has 2 aliphatic carbocycles. The first-order valence-corrected chi connectivity index (χ1v) is 7.73. The van der Waals surface area contributed by atoms with E-state index < -0.39 is 5.54 Å². The van der Waals surface area contributed by atoms with Crippen molar-refractivity contribution in [3.63, 3.8) is 0 Å². The van der Waals surface area contributed by atoms with Crippen molar-refractivity contribution in [2.75, 3.05) is 7.05 Å². The summed E-state index contributed by atoms with van der Waals surface area (Å²) >= 11 is 0. The zero-order valence-electron chi connectivity index (χ0n) is 12.4. The van der Waals surface area contributed by atoms with E-state index in [1.165, 1.54) is 25.7 Å². The van der Waals surface area contributed by atoms with E-state index in [0.717, 1.165) is 31.6 Å². The van der Waals surface area contributed by atoms with Crippen molar-refractivity contribution in [1.29, 1.82) is 0 Å². The normalized spacial score (nSPS) is 40.3. The van der Waals surface area contributed by atoms with Crippen LogP contribution in [0.1, 0.15) is 58.3 Å². The van der Waals surface area contributed by atoms with Crippen LogP contribution in [-0.2, 0) is 4.79 Å². The summed E-state index contributed by atoms with van der Waals surface area (Å²) in [5, 5.41) is 0. The zero-order valence-corrected chi connectivity index (χ0v) is 12.4. The van der Waals surface area contributed by atoms with Gasteiger partial charge in [0.15, 0.2) is 0 Å². The number of hydrogen-bond acceptors (Lipinski definition) is 3. The van der Waals surface area contributed by atoms with Crippen LogP contribution in [0.15, 0.2) is 0 Å². The van der Waals surface area contributed by atoms with Gasteiger partial charge in [-0.1, -0.05) is 6.92 Å². The number of rotatable bonds is 3. The Morgan fingerprint density at radius 2 is 1.79 bits per heavy atom. The van der Waals surface area contributed by atoms with Gasteiger partial charge in [0, 0.05) is 12.1 Å². The molecule has 1 amide bonds. The number of amides is 1. The fourth-order valence-electron chi connectivity index (χ4n) is 3.80. The minimum absolute atomic E-state index is 0.331. The molecule has 0 aliphatic heterocycles. The molecule has 0 radical (unpaired) electrons. The average Bonchev–Trinajstić information content (AvgIpc) is 2.39. The van der Waals surface area contributed by atoms with Crippen LogP contribution in [0, 0.1) is 5.92 Å². The molecule has 2 rings (SSSR count). The third kappa shape index (κ3) is 3.29. The number of hydrogen-bond donors (Lipinski definition) is 2. The molecular formula is C15H29N3O. The lowest BCUT2D eigenvalue weighted by atomic mass is 9.77. The molecule has 2 saturated carbocycles. The summed E-state index contributed by atoms with van der Waals surface area (Å²) in [6, 6.07) is 1.08. The molecule has 2 atom stereocenters. The Bertz CT molecular complexity index is 325. The van der Waals surface area contributed by atoms with E-state index in [1.54, 1.807) is 0 Å². The van der Waals surface area contributed by atoms with Crippen molar-refractivity contribution in [3.8, 4) is 0 Å². The monoisotopic (exact) mass is 267 g/mol. The predicted octanol–water partition coefficient (Wildman–Crippen LogP) is 1.62. The van der Waals surface area contributed by atoms with E-state index in [4.69, 9.17) is 11.5 Å². The standard InChI is InChI=1S/C15H29N3O/c1-11-5-7-12(8-6-11)18(2)13-4-3-9-15(17,10-13)14(16)19/h11-13H,3-10,17H2,1-2H3,(H2,16,19). The van der Waals surface area contributed by atoms with E-state index in [-0.39, 0.29) is 5.91 Å². The number of carbonyl (C=O) groups is 1. The summed E-state index contributed by atoms with van der Waals surface area (Å²) in [6.45, 7) is 2.34. The lowest BCUT2D eigenvalue weighted by molar-refractivity contribution is -0.125. The van der Waals surface area contributed by atoms with Gasteiger partial charge < -0.3 is 16.4 Å². The van der Waals surface area contributed by atoms with Crippen LogP contribution in [0.25, 0.3) is 0 Å². The Kier molecular flexibility index (Phi) is 4.51. The fraction of sp³-hybridized carbons (Fsp3) is 0.933. The van der Waals surface area contributed by atoms with Gasteiger partial charge in [-0.05, 0) is 64.3 Å². The van der Waals surface area contributed by atoms with Crippen molar-refractivity contribution in [2.24, 2.45) is 17.4 Å². The third-order valence-electron chi connectivity index (χ3n) is 5.39. The van der Waals surface area contributed by atoms with Crippen molar-refractivity contribution in [3.05, 3.63) is 0 Å². The zero-order chi connectivity index (χ0) is 14.0. The molecule has 0 heterocycles. The molecule has 2 aliphatic rings. The molecular weight excluding hydrogens is 238 g/mol. The lowest BCUT2D eigenvalue weighted by Crippen LogP contribution is -2.58. The Hall–Kier alpha value is -0.610. The quantitative estimate of drug-likeness (QED) is 0.816. The first kappa shape index (κ1) is 14.8. The highest BCUT2D eigenvalue weighted by molar-refractivity contribution is 5.84. The van der Waals surface area contributed by atoms with Crippen LogP contribution in [0.2, 0.25) is 0 Å². The van der Waals surface area contributed by atoms with Gasteiger partial charge >= 0.3 is 0 Å². The highest BCUT2D eigenvalue weighted by Crippen LogP contribution is 2.33. The van der Waals surface area contributed by atoms with Crippen LogP contribution in [0.3, 0.4) is 0 Å². The molecule has 0 saturated heterocycles. The van der Waals surface area contributed by atoms with Gasteiger partial charge in [-0.2, -0.15) is 0 Å². The van der Waals surface area contributed by atoms with Crippen molar-refractivity contribution < 1.29 is 4.79 Å². The van der Waals surface area contributed by atoms with Crippen LogP contribution in [-0.4, -0.2) is 35.5 Å². The average molecular weight is 267 g/mol. The van der Waals surface area contributed by atoms with E-state index in [1.807, 2.05) is 0 Å². The summed E-state index contributed by atoms with van der Waals surface area (Å²) in [7, 11) is 2.21. The molecule has 0 bridgehead atoms. The summed E-state index contributed by atoms with van der Waals surface area (Å²) in [5.74, 6) is 0.540. The number of primary amides is 1. The Morgan fingerprint density at radius 1 is 1.16 bits per heavy atom. The van der Waals surface area contributed by atoms with E-state index in [0.29, 0.717) is 12.1 Å². The molecule has 4 N–H and O–H groups in total. The molecule has 0 aromatic heterocycles. The molecule has 4 nitrogen and oxygen atoms in total. The Morgan fingerprint density at radius 3 is 2.37 bits per heavy atom. The van der Waals surface area contributed by atoms with Gasteiger partial charge in [0.1, 0.15) is 0 Å². The molecule has 0 aromatic rings. The van der Waals surface area contributed by atoms with Gasteiger partial charge in [-0.25, -0.2) is 0 Å². The van der Waals surface area contributed by atoms with Gasteiger partial charge in [-0.15, -0.1) is 0 Å². The molecule has 4 heteroatoms. The van der Waals surface area contributed by atoms with Crippen molar-refractivity contribution in [2.45, 2.75) is 75.9 Å². The van der Waals surface area contributed by atoms with Gasteiger partial charge in [0.25, 0.3) is 0 Å². The highest BCUT2D eigenvalue weighted by atomic mass is 16.1. The fourth-order valence-corrected chi connectivity index (χ4v) is 3.80. The second-order valence-electron chi connectivity index (χ2n) is 6.85. The molecule has 2 unspecified atom stereocenters. The van der Waals surface area contributed by atoms with Crippen LogP contribution in [0.5, 0.6) is 0 Å². The van der Waals surface area contributed by atoms with Crippen molar-refractivity contribution >= 4 is 5.91 Å². The molecule has 0 aromatic carbocycles. The Balaban J connectivity index is 1.95. The van der Waals surface area contributed by atoms with E-state index in [2.05, 4.69) is 18.9 Å². The maximum atomic E-state index is 11.5. The molecule has 2 fully saturated rings. The SMILES string of the molecule is CC1CCC(N(C)C2CCCC(N)(C(N)=O)C2)CC1. The lowest BCUT2D eigenvalue weighted by Gasteiger charge is -2.44. The van der Waals surface area contributed by atoms with Crippen LogP contribution in [0.4, 0.5) is 0 Å². The number of nitrogens with two attached hydrogens (primary N) is 2. The molecule has 0 spiro atoms. The smallest absolute Gasteiger partial charge is 0.237 e. The van der Waals surface area contributed by atoms with Crippen molar-refractivity contribution in [1.82, 2.24) is 4.90 Å². The molecule has 110 valence electrons. The summed E-state index contributed by atoms with van der Waals surface area (Å²) in [5.41, 5.74) is 10.9. The summed E-state index contributed by atoms with van der Waals surface area (Å²) < 4.78 is 0. The second kappa shape index (κ2) is 5.80. The van der Waals surface area contributed by atoms with E-state index in [9.17, 15) is 4.79 Å². The van der Waals surface area contributed by atoms with Gasteiger partial charge in [-0.3, -0.25) is 4.79 Å². The minimum atomic E-state index is -0.779. The molecule has 19 heavy (non-hydrogen) atoms. The largest absolute Gasteiger partial charge is 0.368 e. The predicted molar refractivity (Wildman–Crippen MR) is 77.6 cm³/mol. The maximum absolute atomic E-state index is 11.5. The summed E-state index contributed by atoms with van der Waals surface area (Å²) in [4.78, 5) is 14.0. The minimum Gasteiger partial charge on any atom is -0.368 e. The summed E-state index contributed by atoms with van der Waals surface area (Å²) in [6.07, 6.45) is 8.84. The van der Waals surface area contributed by atoms with Gasteiger partial charge in [0.2, 0.25) is 5.91 Å². The highest BCUT2D eigenvalue weighted by Gasteiger charge is 2.40. The third-order valence-corrected chi connectivity index (χ3v) is 5.39. The number of nitrogens with zero attached hydrogens (tertiary/aromatic N) is 1. The first-order chi connectivity index (χ1) is 8.92. The number of carbonyl (C=O) groups excluding carboxylic acids is 1. The first-order valence-electron chi connectivity index (χ1n) is 7.73. The Labute approximate surface area is 116 Å². The second-order valence-corrected chi connectivity index (χ2v) is 6.85. The topological polar surface area (TPSA) is 72.3 Å². The maximum Gasteiger partial charge on any atom is 0.237 e. The van der Waals surface area contributed by atoms with E-state index >= 15 is 0 Å².